The first-order valence-corrected chi connectivity index (χ1v) is 9.34. The molecule has 26 heavy (non-hydrogen) atoms. The molecule has 0 aliphatic rings. The van der Waals surface area contributed by atoms with Crippen molar-refractivity contribution in [2.75, 3.05) is 24.2 Å². The van der Waals surface area contributed by atoms with E-state index in [1.165, 1.54) is 31.3 Å². The quantitative estimate of drug-likeness (QED) is 0.617. The number of sulfonamides is 1. The van der Waals surface area contributed by atoms with Gasteiger partial charge in [-0.2, -0.15) is 0 Å². The molecule has 8 nitrogen and oxygen atoms in total. The molecule has 0 aliphatic carbocycles. The molecule has 138 valence electrons. The lowest BCUT2D eigenvalue weighted by molar-refractivity contribution is 0.102. The minimum atomic E-state index is -3.55. The fourth-order valence-corrected chi connectivity index (χ4v) is 3.13. The molecule has 2 aromatic carbocycles. The van der Waals surface area contributed by atoms with Crippen LogP contribution in [0.5, 0.6) is 0 Å². The summed E-state index contributed by atoms with van der Waals surface area (Å²) in [5, 5.41) is 7.75. The van der Waals surface area contributed by atoms with Crippen molar-refractivity contribution >= 4 is 33.3 Å². The molecule has 0 unspecified atom stereocenters. The molecule has 0 bridgehead atoms. The third kappa shape index (κ3) is 5.04. The van der Waals surface area contributed by atoms with E-state index in [1.54, 1.807) is 31.2 Å². The molecule has 9 heteroatoms. The second-order valence-electron chi connectivity index (χ2n) is 5.26. The maximum Gasteiger partial charge on any atom is 0.318 e. The monoisotopic (exact) mass is 376 g/mol. The van der Waals surface area contributed by atoms with Crippen molar-refractivity contribution in [1.82, 2.24) is 10.0 Å². The van der Waals surface area contributed by atoms with Crippen molar-refractivity contribution in [1.29, 1.82) is 0 Å². The van der Waals surface area contributed by atoms with Gasteiger partial charge in [0.2, 0.25) is 10.0 Å². The van der Waals surface area contributed by atoms with Gasteiger partial charge in [-0.05, 0) is 48.5 Å². The van der Waals surface area contributed by atoms with Gasteiger partial charge in [0.15, 0.2) is 0 Å². The Hall–Kier alpha value is -2.91. The van der Waals surface area contributed by atoms with Crippen LogP contribution in [0.2, 0.25) is 0 Å². The Morgan fingerprint density at radius 2 is 1.42 bits per heavy atom. The van der Waals surface area contributed by atoms with E-state index in [1.807, 2.05) is 0 Å². The average molecular weight is 376 g/mol. The maximum atomic E-state index is 12.3. The summed E-state index contributed by atoms with van der Waals surface area (Å²) < 4.78 is 26.2. The van der Waals surface area contributed by atoms with Crippen molar-refractivity contribution in [2.24, 2.45) is 0 Å². The van der Waals surface area contributed by atoms with E-state index in [2.05, 4.69) is 20.7 Å². The summed E-state index contributed by atoms with van der Waals surface area (Å²) in [5.41, 5.74) is 1.45. The van der Waals surface area contributed by atoms with E-state index in [0.717, 1.165) is 0 Å². The van der Waals surface area contributed by atoms with Crippen LogP contribution in [0.1, 0.15) is 17.3 Å². The Labute approximate surface area is 152 Å². The van der Waals surface area contributed by atoms with Crippen LogP contribution in [0, 0.1) is 0 Å². The topological polar surface area (TPSA) is 116 Å². The van der Waals surface area contributed by atoms with Gasteiger partial charge in [0.1, 0.15) is 0 Å². The molecule has 0 fully saturated rings. The molecule has 0 atom stereocenters. The predicted octanol–water partition coefficient (Wildman–Crippen LogP) is 1.99. The maximum absolute atomic E-state index is 12.3. The van der Waals surface area contributed by atoms with E-state index < -0.39 is 10.0 Å². The molecular weight excluding hydrogens is 356 g/mol. The van der Waals surface area contributed by atoms with E-state index in [4.69, 9.17) is 0 Å². The normalized spacial score (nSPS) is 10.8. The van der Waals surface area contributed by atoms with Crippen LogP contribution >= 0.6 is 0 Å². The smallest absolute Gasteiger partial charge is 0.318 e. The van der Waals surface area contributed by atoms with E-state index in [0.29, 0.717) is 16.9 Å². The minimum Gasteiger partial charge on any atom is -0.341 e. The van der Waals surface area contributed by atoms with E-state index in [-0.39, 0.29) is 23.4 Å². The fraction of sp³-hybridized carbons (Fsp3) is 0.176. The van der Waals surface area contributed by atoms with Crippen molar-refractivity contribution in [3.05, 3.63) is 54.1 Å². The molecular formula is C17H20N4O4S. The van der Waals surface area contributed by atoms with Crippen LogP contribution in [-0.2, 0) is 10.0 Å². The molecule has 0 saturated heterocycles. The Balaban J connectivity index is 2.04. The van der Waals surface area contributed by atoms with Gasteiger partial charge in [0, 0.05) is 30.5 Å². The highest BCUT2D eigenvalue weighted by atomic mass is 32.2. The van der Waals surface area contributed by atoms with Crippen molar-refractivity contribution in [3.8, 4) is 0 Å². The molecule has 0 aromatic heterocycles. The Bertz CT molecular complexity index is 878. The SMILES string of the molecule is CCNS(=O)(=O)c1ccc(C(=O)Nc2ccc(NC(=O)NC)cc2)cc1. The summed E-state index contributed by atoms with van der Waals surface area (Å²) >= 11 is 0. The zero-order valence-corrected chi connectivity index (χ0v) is 15.2. The summed E-state index contributed by atoms with van der Waals surface area (Å²) in [6.45, 7) is 1.98. The summed E-state index contributed by atoms with van der Waals surface area (Å²) in [7, 11) is -2.04. The highest BCUT2D eigenvalue weighted by Crippen LogP contribution is 2.16. The predicted molar refractivity (Wildman–Crippen MR) is 99.8 cm³/mol. The van der Waals surface area contributed by atoms with E-state index >= 15 is 0 Å². The third-order valence-corrected chi connectivity index (χ3v) is 4.95. The first-order chi connectivity index (χ1) is 12.4. The van der Waals surface area contributed by atoms with Crippen LogP contribution < -0.4 is 20.7 Å². The first kappa shape index (κ1) is 19.4. The van der Waals surface area contributed by atoms with Crippen LogP contribution in [0.15, 0.2) is 53.4 Å². The highest BCUT2D eigenvalue weighted by Gasteiger charge is 2.13. The fourth-order valence-electron chi connectivity index (χ4n) is 2.09. The second kappa shape index (κ2) is 8.45. The van der Waals surface area contributed by atoms with Crippen molar-refractivity contribution < 1.29 is 18.0 Å². The minimum absolute atomic E-state index is 0.0977. The largest absolute Gasteiger partial charge is 0.341 e. The molecule has 0 spiro atoms. The molecule has 2 rings (SSSR count). The lowest BCUT2D eigenvalue weighted by Gasteiger charge is -2.09. The van der Waals surface area contributed by atoms with Gasteiger partial charge < -0.3 is 16.0 Å². The number of nitrogens with one attached hydrogen (secondary N) is 4. The number of amides is 3. The second-order valence-corrected chi connectivity index (χ2v) is 7.03. The van der Waals surface area contributed by atoms with Crippen LogP contribution in [0.4, 0.5) is 16.2 Å². The zero-order valence-electron chi connectivity index (χ0n) is 14.4. The zero-order chi connectivity index (χ0) is 19.2. The summed E-state index contributed by atoms with van der Waals surface area (Å²) in [6.07, 6.45) is 0. The van der Waals surface area contributed by atoms with Gasteiger partial charge >= 0.3 is 6.03 Å². The average Bonchev–Trinajstić information content (AvgIpc) is 2.63. The molecule has 0 aliphatic heterocycles. The number of carbonyl (C=O) groups excluding carboxylic acids is 2. The number of anilines is 2. The van der Waals surface area contributed by atoms with Gasteiger partial charge in [0.25, 0.3) is 5.91 Å². The standard InChI is InChI=1S/C17H20N4O4S/c1-3-19-26(24,25)15-10-4-12(5-11-15)16(22)20-13-6-8-14(9-7-13)21-17(23)18-2/h4-11,19H,3H2,1-2H3,(H,20,22)(H2,18,21,23). The van der Waals surface area contributed by atoms with Crippen LogP contribution in [0.25, 0.3) is 0 Å². The number of urea groups is 1. The van der Waals surface area contributed by atoms with Crippen LogP contribution in [-0.4, -0.2) is 33.9 Å². The number of hydrogen-bond acceptors (Lipinski definition) is 4. The van der Waals surface area contributed by atoms with Gasteiger partial charge in [-0.15, -0.1) is 0 Å². The lowest BCUT2D eigenvalue weighted by Crippen LogP contribution is -2.24. The number of rotatable bonds is 6. The lowest BCUT2D eigenvalue weighted by atomic mass is 10.2. The summed E-state index contributed by atoms with van der Waals surface area (Å²) in [4.78, 5) is 23.6. The van der Waals surface area contributed by atoms with Gasteiger partial charge in [0.05, 0.1) is 4.90 Å². The first-order valence-electron chi connectivity index (χ1n) is 7.85. The Morgan fingerprint density at radius 3 is 1.92 bits per heavy atom. The molecule has 3 amide bonds. The number of benzene rings is 2. The molecule has 0 saturated carbocycles. The number of hydrogen-bond donors (Lipinski definition) is 4. The van der Waals surface area contributed by atoms with Crippen molar-refractivity contribution in [3.63, 3.8) is 0 Å². The molecule has 2 aromatic rings. The summed E-state index contributed by atoms with van der Waals surface area (Å²) in [5.74, 6) is -0.371. The Kier molecular flexibility index (Phi) is 6.31. The molecule has 0 heterocycles. The van der Waals surface area contributed by atoms with Crippen molar-refractivity contribution in [2.45, 2.75) is 11.8 Å². The van der Waals surface area contributed by atoms with E-state index in [9.17, 15) is 18.0 Å². The molecule has 0 radical (unpaired) electrons. The highest BCUT2D eigenvalue weighted by molar-refractivity contribution is 7.89. The Morgan fingerprint density at radius 1 is 0.885 bits per heavy atom. The van der Waals surface area contributed by atoms with Gasteiger partial charge in [-0.25, -0.2) is 17.9 Å². The van der Waals surface area contributed by atoms with Gasteiger partial charge in [-0.1, -0.05) is 6.92 Å². The summed E-state index contributed by atoms with van der Waals surface area (Å²) in [6, 6.07) is 11.9. The number of carbonyl (C=O) groups is 2. The van der Waals surface area contributed by atoms with Crippen LogP contribution in [0.3, 0.4) is 0 Å². The third-order valence-electron chi connectivity index (χ3n) is 3.39. The van der Waals surface area contributed by atoms with Gasteiger partial charge in [-0.3, -0.25) is 4.79 Å². The molecule has 4 N–H and O–H groups in total.